The molecule has 1 fully saturated rings. The number of rotatable bonds is 10. The van der Waals surface area contributed by atoms with Gasteiger partial charge in [0, 0.05) is 30.9 Å². The molecule has 0 unspecified atom stereocenters. The highest BCUT2D eigenvalue weighted by Gasteiger charge is 2.19. The summed E-state index contributed by atoms with van der Waals surface area (Å²) in [4.78, 5) is 27.2. The van der Waals surface area contributed by atoms with Crippen LogP contribution >= 0.6 is 11.8 Å². The number of morpholine rings is 1. The van der Waals surface area contributed by atoms with Gasteiger partial charge in [-0.1, -0.05) is 43.8 Å². The molecular formula is C28H35N5O4S. The van der Waals surface area contributed by atoms with E-state index in [4.69, 9.17) is 9.47 Å². The van der Waals surface area contributed by atoms with E-state index in [1.165, 1.54) is 11.8 Å². The second kappa shape index (κ2) is 12.9. The van der Waals surface area contributed by atoms with Crippen LogP contribution in [0.3, 0.4) is 0 Å². The van der Waals surface area contributed by atoms with Crippen molar-refractivity contribution in [2.24, 2.45) is 0 Å². The first-order chi connectivity index (χ1) is 18.4. The van der Waals surface area contributed by atoms with Gasteiger partial charge in [-0.15, -0.1) is 10.2 Å². The number of carbonyl (C=O) groups excluding carboxylic acids is 2. The van der Waals surface area contributed by atoms with Gasteiger partial charge in [-0.25, -0.2) is 0 Å². The molecule has 0 atom stereocenters. The molecule has 3 aromatic rings. The normalized spacial score (nSPS) is 13.6. The van der Waals surface area contributed by atoms with Crippen molar-refractivity contribution in [1.82, 2.24) is 19.7 Å². The first-order valence-corrected chi connectivity index (χ1v) is 13.9. The number of aryl methyl sites for hydroxylation is 1. The number of amides is 2. The Bertz CT molecular complexity index is 1270. The van der Waals surface area contributed by atoms with Crippen molar-refractivity contribution in [3.63, 3.8) is 0 Å². The number of nitrogens with zero attached hydrogens (tertiary/aromatic N) is 4. The summed E-state index contributed by atoms with van der Waals surface area (Å²) >= 11 is 1.32. The summed E-state index contributed by atoms with van der Waals surface area (Å²) in [6, 6.07) is 13.3. The van der Waals surface area contributed by atoms with E-state index in [1.807, 2.05) is 24.5 Å². The summed E-state index contributed by atoms with van der Waals surface area (Å²) in [7, 11) is 0. The Morgan fingerprint density at radius 1 is 1.13 bits per heavy atom. The number of carbonyl (C=O) groups is 2. The molecule has 4 rings (SSSR count). The van der Waals surface area contributed by atoms with Crippen molar-refractivity contribution in [2.45, 2.75) is 51.9 Å². The Morgan fingerprint density at radius 3 is 2.66 bits per heavy atom. The van der Waals surface area contributed by atoms with E-state index in [1.54, 1.807) is 29.2 Å². The fourth-order valence-corrected chi connectivity index (χ4v) is 5.06. The Morgan fingerprint density at radius 2 is 1.92 bits per heavy atom. The van der Waals surface area contributed by atoms with E-state index in [0.29, 0.717) is 67.6 Å². The molecule has 1 aromatic heterocycles. The van der Waals surface area contributed by atoms with Crippen LogP contribution in [-0.4, -0.2) is 63.5 Å². The van der Waals surface area contributed by atoms with Crippen molar-refractivity contribution < 1.29 is 19.1 Å². The predicted octanol–water partition coefficient (Wildman–Crippen LogP) is 4.51. The first-order valence-electron chi connectivity index (χ1n) is 12.9. The Balaban J connectivity index is 1.34. The lowest BCUT2D eigenvalue weighted by atomic mass is 10.0. The Labute approximate surface area is 227 Å². The van der Waals surface area contributed by atoms with Gasteiger partial charge < -0.3 is 24.3 Å². The second-order valence-corrected chi connectivity index (χ2v) is 10.4. The smallest absolute Gasteiger partial charge is 0.254 e. The minimum absolute atomic E-state index is 0.0595. The lowest BCUT2D eigenvalue weighted by molar-refractivity contribution is -0.113. The number of aromatic nitrogens is 3. The van der Waals surface area contributed by atoms with E-state index in [-0.39, 0.29) is 17.6 Å². The van der Waals surface area contributed by atoms with Gasteiger partial charge in [0.2, 0.25) is 5.91 Å². The van der Waals surface area contributed by atoms with Crippen LogP contribution in [0.15, 0.2) is 47.6 Å². The molecule has 1 aliphatic rings. The van der Waals surface area contributed by atoms with Gasteiger partial charge in [-0.2, -0.15) is 0 Å². The molecule has 202 valence electrons. The zero-order valence-corrected chi connectivity index (χ0v) is 23.2. The van der Waals surface area contributed by atoms with Crippen molar-refractivity contribution in [3.8, 4) is 5.75 Å². The topological polar surface area (TPSA) is 98.6 Å². The van der Waals surface area contributed by atoms with Crippen LogP contribution < -0.4 is 10.1 Å². The molecule has 1 aliphatic heterocycles. The molecule has 0 bridgehead atoms. The molecule has 1 N–H and O–H groups in total. The maximum absolute atomic E-state index is 12.8. The van der Waals surface area contributed by atoms with Gasteiger partial charge in [0.05, 0.1) is 19.0 Å². The van der Waals surface area contributed by atoms with E-state index in [9.17, 15) is 9.59 Å². The number of anilines is 1. The molecule has 2 aromatic carbocycles. The third-order valence-electron chi connectivity index (χ3n) is 6.28. The van der Waals surface area contributed by atoms with E-state index >= 15 is 0 Å². The molecular weight excluding hydrogens is 502 g/mol. The largest absolute Gasteiger partial charge is 0.485 e. The molecule has 9 nitrogen and oxygen atoms in total. The summed E-state index contributed by atoms with van der Waals surface area (Å²) < 4.78 is 13.4. The number of nitrogens with one attached hydrogen (secondary N) is 1. The highest BCUT2D eigenvalue weighted by molar-refractivity contribution is 7.99. The van der Waals surface area contributed by atoms with Crippen LogP contribution in [0.5, 0.6) is 5.75 Å². The number of thioether (sulfide) groups is 1. The van der Waals surface area contributed by atoms with Gasteiger partial charge in [-0.3, -0.25) is 9.59 Å². The van der Waals surface area contributed by atoms with Gasteiger partial charge in [0.15, 0.2) is 11.0 Å². The zero-order valence-electron chi connectivity index (χ0n) is 22.4. The monoisotopic (exact) mass is 537 g/mol. The Hall–Kier alpha value is -3.37. The Kier molecular flexibility index (Phi) is 9.41. The molecule has 38 heavy (non-hydrogen) atoms. The van der Waals surface area contributed by atoms with Crippen LogP contribution in [0.4, 0.5) is 5.69 Å². The van der Waals surface area contributed by atoms with E-state index < -0.39 is 0 Å². The quantitative estimate of drug-likeness (QED) is 0.380. The first kappa shape index (κ1) is 27.7. The lowest BCUT2D eigenvalue weighted by Gasteiger charge is -2.27. The fourth-order valence-electron chi connectivity index (χ4n) is 4.24. The van der Waals surface area contributed by atoms with Gasteiger partial charge in [0.25, 0.3) is 5.91 Å². The third-order valence-corrected chi connectivity index (χ3v) is 7.25. The van der Waals surface area contributed by atoms with Gasteiger partial charge in [0.1, 0.15) is 12.4 Å². The van der Waals surface area contributed by atoms with E-state index in [2.05, 4.69) is 41.5 Å². The third kappa shape index (κ3) is 6.93. The van der Waals surface area contributed by atoms with Crippen LogP contribution in [0.25, 0.3) is 0 Å². The van der Waals surface area contributed by atoms with Crippen molar-refractivity contribution in [2.75, 3.05) is 37.4 Å². The maximum atomic E-state index is 12.8. The second-order valence-electron chi connectivity index (χ2n) is 9.45. The summed E-state index contributed by atoms with van der Waals surface area (Å²) in [5.74, 6) is 1.83. The minimum Gasteiger partial charge on any atom is -0.485 e. The summed E-state index contributed by atoms with van der Waals surface area (Å²) in [6.45, 7) is 11.5. The molecule has 0 saturated carbocycles. The number of hydrogen-bond acceptors (Lipinski definition) is 7. The highest BCUT2D eigenvalue weighted by Crippen LogP contribution is 2.28. The fraction of sp³-hybridized carbons (Fsp3) is 0.429. The van der Waals surface area contributed by atoms with Crippen molar-refractivity contribution in [3.05, 3.63) is 65.0 Å². The summed E-state index contributed by atoms with van der Waals surface area (Å²) in [5, 5.41) is 12.2. The molecule has 0 aliphatic carbocycles. The van der Waals surface area contributed by atoms with Crippen LogP contribution in [-0.2, 0) is 22.7 Å². The molecule has 0 radical (unpaired) electrons. The van der Waals surface area contributed by atoms with Crippen LogP contribution in [0.2, 0.25) is 0 Å². The van der Waals surface area contributed by atoms with Gasteiger partial charge in [-0.05, 0) is 55.2 Å². The summed E-state index contributed by atoms with van der Waals surface area (Å²) in [5.41, 5.74) is 3.42. The van der Waals surface area contributed by atoms with Crippen molar-refractivity contribution >= 4 is 29.3 Å². The van der Waals surface area contributed by atoms with Crippen LogP contribution in [0.1, 0.15) is 54.0 Å². The molecule has 2 amide bonds. The predicted molar refractivity (Wildman–Crippen MR) is 148 cm³/mol. The van der Waals surface area contributed by atoms with Crippen LogP contribution in [0, 0.1) is 6.92 Å². The molecule has 1 saturated heterocycles. The number of hydrogen-bond donors (Lipinski definition) is 1. The lowest BCUT2D eigenvalue weighted by Crippen LogP contribution is -2.40. The van der Waals surface area contributed by atoms with Gasteiger partial charge >= 0.3 is 0 Å². The molecule has 0 spiro atoms. The molecule has 2 heterocycles. The SMILES string of the molecule is CCn1c(COc2cc(C)ccc2C(C)C)nnc1SCC(=O)Nc1cccc(C(=O)N2CCOCC2)c1. The van der Waals surface area contributed by atoms with E-state index in [0.717, 1.165) is 16.9 Å². The van der Waals surface area contributed by atoms with Crippen molar-refractivity contribution in [1.29, 1.82) is 0 Å². The minimum atomic E-state index is -0.184. The number of benzene rings is 2. The average molecular weight is 538 g/mol. The number of ether oxygens (including phenoxy) is 2. The summed E-state index contributed by atoms with van der Waals surface area (Å²) in [6.07, 6.45) is 0. The molecule has 10 heteroatoms. The standard InChI is InChI=1S/C28H35N5O4S/c1-5-33-25(17-37-24-15-20(4)9-10-23(24)19(2)3)30-31-28(33)38-18-26(34)29-22-8-6-7-21(16-22)27(35)32-11-13-36-14-12-32/h6-10,15-16,19H,5,11-14,17-18H2,1-4H3,(H,29,34). The maximum Gasteiger partial charge on any atom is 0.254 e. The zero-order chi connectivity index (χ0) is 27.1. The highest BCUT2D eigenvalue weighted by atomic mass is 32.2. The average Bonchev–Trinajstić information content (AvgIpc) is 3.32.